The number of carbonyl (C=O) groups excluding carboxylic acids is 2. The van der Waals surface area contributed by atoms with Crippen LogP contribution in [0.5, 0.6) is 0 Å². The minimum Gasteiger partial charge on any atom is -0.466 e. The summed E-state index contributed by atoms with van der Waals surface area (Å²) in [5.74, 6) is 3.13. The second-order valence-electron chi connectivity index (χ2n) is 10.3. The Balaban J connectivity index is 1.22. The van der Waals surface area contributed by atoms with Gasteiger partial charge in [0.05, 0.1) is 12.5 Å². The van der Waals surface area contributed by atoms with Crippen LogP contribution >= 0.6 is 0 Å². The van der Waals surface area contributed by atoms with Gasteiger partial charge in [-0.3, -0.25) is 9.59 Å². The van der Waals surface area contributed by atoms with Gasteiger partial charge in [-0.05, 0) is 93.4 Å². The van der Waals surface area contributed by atoms with E-state index in [2.05, 4.69) is 10.2 Å². The van der Waals surface area contributed by atoms with E-state index in [1.54, 1.807) is 0 Å². The molecule has 1 N–H and O–H groups in total. The molecule has 1 heterocycles. The molecule has 0 spiro atoms. The first-order valence-electron chi connectivity index (χ1n) is 12.4. The number of esters is 1. The van der Waals surface area contributed by atoms with Gasteiger partial charge in [0.25, 0.3) is 5.91 Å². The number of anilines is 1. The van der Waals surface area contributed by atoms with Crippen molar-refractivity contribution in [1.29, 1.82) is 0 Å². The standard InChI is InChI=1S/C26H36N2O3/c1-2-31-26(30)20-7-4-12-28(16-20)23-10-8-17(9-11-23)25(29)27-24-19-6-3-5-18-13-22(24)15-21(18)14-19/h8-11,18-22,24H,2-7,12-16H2,1H3,(H,27,29). The van der Waals surface area contributed by atoms with E-state index in [0.29, 0.717) is 31.0 Å². The zero-order valence-electron chi connectivity index (χ0n) is 18.7. The van der Waals surface area contributed by atoms with E-state index in [0.717, 1.165) is 42.5 Å². The third kappa shape index (κ3) is 4.20. The molecule has 1 aromatic carbocycles. The minimum atomic E-state index is -0.0882. The molecule has 1 saturated heterocycles. The van der Waals surface area contributed by atoms with Crippen LogP contribution in [-0.4, -0.2) is 37.6 Å². The summed E-state index contributed by atoms with van der Waals surface area (Å²) in [6.45, 7) is 3.92. The van der Waals surface area contributed by atoms with Crippen LogP contribution in [0.15, 0.2) is 24.3 Å². The number of piperidine rings is 1. The van der Waals surface area contributed by atoms with Gasteiger partial charge in [-0.2, -0.15) is 0 Å². The highest BCUT2D eigenvalue weighted by atomic mass is 16.5. The molecule has 1 aromatic rings. The zero-order valence-corrected chi connectivity index (χ0v) is 18.7. The maximum absolute atomic E-state index is 13.1. The monoisotopic (exact) mass is 424 g/mol. The summed E-state index contributed by atoms with van der Waals surface area (Å²) < 4.78 is 5.22. The van der Waals surface area contributed by atoms with Crippen LogP contribution in [0, 0.1) is 29.6 Å². The molecule has 4 fully saturated rings. The van der Waals surface area contributed by atoms with Crippen molar-refractivity contribution in [3.05, 3.63) is 29.8 Å². The lowest BCUT2D eigenvalue weighted by molar-refractivity contribution is -0.148. The molecule has 0 radical (unpaired) electrons. The van der Waals surface area contributed by atoms with Crippen molar-refractivity contribution in [2.24, 2.45) is 29.6 Å². The molecular formula is C26H36N2O3. The van der Waals surface area contributed by atoms with Gasteiger partial charge < -0.3 is 15.0 Å². The van der Waals surface area contributed by atoms with E-state index < -0.39 is 0 Å². The highest BCUT2D eigenvalue weighted by Gasteiger charge is 2.48. The molecule has 5 heteroatoms. The van der Waals surface area contributed by atoms with Gasteiger partial charge >= 0.3 is 5.97 Å². The summed E-state index contributed by atoms with van der Waals surface area (Å²) in [6, 6.07) is 8.32. The Morgan fingerprint density at radius 2 is 1.71 bits per heavy atom. The number of amides is 1. The Labute approximate surface area is 185 Å². The minimum absolute atomic E-state index is 0.0578. The quantitative estimate of drug-likeness (QED) is 0.712. The van der Waals surface area contributed by atoms with Crippen LogP contribution in [0.1, 0.15) is 68.6 Å². The van der Waals surface area contributed by atoms with Gasteiger partial charge in [-0.1, -0.05) is 12.8 Å². The molecule has 3 bridgehead atoms. The number of nitrogens with zero attached hydrogens (tertiary/aromatic N) is 1. The second-order valence-corrected chi connectivity index (χ2v) is 10.3. The van der Waals surface area contributed by atoms with Crippen LogP contribution in [0.3, 0.4) is 0 Å². The van der Waals surface area contributed by atoms with Gasteiger partial charge in [0.15, 0.2) is 0 Å². The number of hydrogen-bond acceptors (Lipinski definition) is 4. The lowest BCUT2D eigenvalue weighted by Gasteiger charge is -2.37. The number of carbonyl (C=O) groups is 2. The molecule has 168 valence electrons. The number of rotatable bonds is 5. The molecule has 3 aliphatic carbocycles. The van der Waals surface area contributed by atoms with Gasteiger partial charge in [0, 0.05) is 30.4 Å². The maximum atomic E-state index is 13.1. The molecule has 0 aromatic heterocycles. The lowest BCUT2D eigenvalue weighted by atomic mass is 9.75. The Hall–Kier alpha value is -2.04. The summed E-state index contributed by atoms with van der Waals surface area (Å²) in [7, 11) is 0. The predicted molar refractivity (Wildman–Crippen MR) is 121 cm³/mol. The Morgan fingerprint density at radius 1 is 0.968 bits per heavy atom. The molecule has 1 aliphatic heterocycles. The smallest absolute Gasteiger partial charge is 0.310 e. The highest BCUT2D eigenvalue weighted by Crippen LogP contribution is 2.53. The lowest BCUT2D eigenvalue weighted by Crippen LogP contribution is -2.47. The molecule has 5 rings (SSSR count). The average Bonchev–Trinajstić information content (AvgIpc) is 3.04. The van der Waals surface area contributed by atoms with E-state index in [4.69, 9.17) is 4.74 Å². The van der Waals surface area contributed by atoms with Crippen molar-refractivity contribution in [2.75, 3.05) is 24.6 Å². The molecule has 3 saturated carbocycles. The molecule has 5 nitrogen and oxygen atoms in total. The zero-order chi connectivity index (χ0) is 21.4. The number of ether oxygens (including phenoxy) is 1. The van der Waals surface area contributed by atoms with Crippen molar-refractivity contribution < 1.29 is 14.3 Å². The predicted octanol–water partition coefficient (Wildman–Crippen LogP) is 4.41. The van der Waals surface area contributed by atoms with Crippen molar-refractivity contribution >= 4 is 17.6 Å². The maximum Gasteiger partial charge on any atom is 0.310 e. The summed E-state index contributed by atoms with van der Waals surface area (Å²) in [6.07, 6.45) is 9.86. The first-order chi connectivity index (χ1) is 15.1. The van der Waals surface area contributed by atoms with Crippen LogP contribution < -0.4 is 10.2 Å². The van der Waals surface area contributed by atoms with E-state index in [-0.39, 0.29) is 17.8 Å². The number of fused-ring (bicyclic) bond motifs is 2. The van der Waals surface area contributed by atoms with Crippen molar-refractivity contribution in [1.82, 2.24) is 5.32 Å². The van der Waals surface area contributed by atoms with Crippen LogP contribution in [0.4, 0.5) is 5.69 Å². The molecule has 1 amide bonds. The second kappa shape index (κ2) is 8.84. The van der Waals surface area contributed by atoms with Gasteiger partial charge in [0.1, 0.15) is 0 Å². The Morgan fingerprint density at radius 3 is 2.52 bits per heavy atom. The fourth-order valence-electron chi connectivity index (χ4n) is 7.01. The fourth-order valence-corrected chi connectivity index (χ4v) is 7.01. The van der Waals surface area contributed by atoms with Gasteiger partial charge in [0.2, 0.25) is 0 Å². The topological polar surface area (TPSA) is 58.6 Å². The van der Waals surface area contributed by atoms with Gasteiger partial charge in [-0.25, -0.2) is 0 Å². The number of benzene rings is 1. The van der Waals surface area contributed by atoms with Gasteiger partial charge in [-0.15, -0.1) is 0 Å². The summed E-state index contributed by atoms with van der Waals surface area (Å²) in [4.78, 5) is 27.4. The Kier molecular flexibility index (Phi) is 5.94. The molecule has 31 heavy (non-hydrogen) atoms. The van der Waals surface area contributed by atoms with Crippen molar-refractivity contribution in [3.63, 3.8) is 0 Å². The highest BCUT2D eigenvalue weighted by molar-refractivity contribution is 5.94. The normalized spacial score (nSPS) is 34.3. The SMILES string of the molecule is CCOC(=O)C1CCCN(c2ccc(C(=O)NC3C4CCCC5CC3CC5C4)cc2)C1. The van der Waals surface area contributed by atoms with Crippen LogP contribution in [0.25, 0.3) is 0 Å². The van der Waals surface area contributed by atoms with E-state index in [9.17, 15) is 9.59 Å². The van der Waals surface area contributed by atoms with Crippen LogP contribution in [-0.2, 0) is 9.53 Å². The average molecular weight is 425 g/mol. The third-order valence-corrected chi connectivity index (χ3v) is 8.48. The first-order valence-corrected chi connectivity index (χ1v) is 12.4. The molecular weight excluding hydrogens is 388 g/mol. The van der Waals surface area contributed by atoms with E-state index in [1.165, 1.54) is 38.5 Å². The number of nitrogens with one attached hydrogen (secondary N) is 1. The van der Waals surface area contributed by atoms with E-state index >= 15 is 0 Å². The molecule has 6 atom stereocenters. The van der Waals surface area contributed by atoms with Crippen molar-refractivity contribution in [3.8, 4) is 0 Å². The largest absolute Gasteiger partial charge is 0.466 e. The summed E-state index contributed by atoms with van der Waals surface area (Å²) >= 11 is 0. The Bertz CT molecular complexity index is 807. The molecule has 4 aliphatic rings. The van der Waals surface area contributed by atoms with Crippen molar-refractivity contribution in [2.45, 2.75) is 64.3 Å². The summed E-state index contributed by atoms with van der Waals surface area (Å²) in [5, 5.41) is 3.44. The fraction of sp³-hybridized carbons (Fsp3) is 0.692. The van der Waals surface area contributed by atoms with E-state index in [1.807, 2.05) is 31.2 Å². The molecule has 6 unspecified atom stereocenters. The number of hydrogen-bond donors (Lipinski definition) is 1. The third-order valence-electron chi connectivity index (χ3n) is 8.48. The van der Waals surface area contributed by atoms with Crippen LogP contribution in [0.2, 0.25) is 0 Å². The summed E-state index contributed by atoms with van der Waals surface area (Å²) in [5.41, 5.74) is 1.83. The first kappa shape index (κ1) is 20.8.